The summed E-state index contributed by atoms with van der Waals surface area (Å²) in [6.45, 7) is 1.89. The highest BCUT2D eigenvalue weighted by molar-refractivity contribution is 6.15. The number of carbonyl (C=O) groups excluding carboxylic acids is 2. The van der Waals surface area contributed by atoms with Crippen molar-refractivity contribution >= 4 is 17.5 Å². The summed E-state index contributed by atoms with van der Waals surface area (Å²) in [7, 11) is 1.68. The van der Waals surface area contributed by atoms with Gasteiger partial charge in [-0.1, -0.05) is 25.1 Å². The highest BCUT2D eigenvalue weighted by Gasteiger charge is 2.20. The van der Waals surface area contributed by atoms with E-state index in [-0.39, 0.29) is 18.4 Å². The number of likely N-dealkylation sites (N-methyl/N-ethyl adjacent to an activating group) is 1. The van der Waals surface area contributed by atoms with Crippen molar-refractivity contribution in [1.82, 2.24) is 5.32 Å². The molecule has 0 saturated heterocycles. The van der Waals surface area contributed by atoms with Crippen molar-refractivity contribution in [2.24, 2.45) is 0 Å². The lowest BCUT2D eigenvalue weighted by atomic mass is 10.2. The lowest BCUT2D eigenvalue weighted by molar-refractivity contribution is -0.125. The fourth-order valence-corrected chi connectivity index (χ4v) is 1.39. The van der Waals surface area contributed by atoms with Crippen LogP contribution in [0.15, 0.2) is 30.3 Å². The summed E-state index contributed by atoms with van der Waals surface area (Å²) in [5, 5.41) is 2.75. The zero-order valence-electron chi connectivity index (χ0n) is 9.56. The Bertz CT molecular complexity index is 363. The Kier molecular flexibility index (Phi) is 4.66. The summed E-state index contributed by atoms with van der Waals surface area (Å²) in [5.74, 6) is -0.424. The van der Waals surface area contributed by atoms with Gasteiger partial charge in [0, 0.05) is 6.42 Å². The summed E-state index contributed by atoms with van der Waals surface area (Å²) in [6.07, 6.45) is 0.310. The van der Waals surface area contributed by atoms with Gasteiger partial charge in [-0.15, -0.1) is 0 Å². The van der Waals surface area contributed by atoms with E-state index in [2.05, 4.69) is 5.32 Å². The number of nitrogens with zero attached hydrogens (tertiary/aromatic N) is 1. The first-order valence-electron chi connectivity index (χ1n) is 5.26. The first-order chi connectivity index (χ1) is 7.70. The zero-order chi connectivity index (χ0) is 12.0. The smallest absolute Gasteiger partial charge is 0.247 e. The molecular weight excluding hydrogens is 204 g/mol. The predicted octanol–water partition coefficient (Wildman–Crippen LogP) is 1.18. The molecule has 0 saturated carbocycles. The minimum Gasteiger partial charge on any atom is -0.311 e. The molecule has 86 valence electrons. The Hall–Kier alpha value is -1.68. The molecule has 4 nitrogen and oxygen atoms in total. The summed E-state index contributed by atoms with van der Waals surface area (Å²) in [6, 6.07) is 8.96. The molecule has 1 aromatic carbocycles. The molecule has 1 aromatic rings. The normalized spacial score (nSPS) is 9.88. The second-order valence-electron chi connectivity index (χ2n) is 3.34. The van der Waals surface area contributed by atoms with Gasteiger partial charge in [0.1, 0.15) is 0 Å². The number of benzene rings is 1. The lowest BCUT2D eigenvalue weighted by Gasteiger charge is -2.20. The Morgan fingerprint density at radius 3 is 2.31 bits per heavy atom. The Morgan fingerprint density at radius 2 is 1.81 bits per heavy atom. The topological polar surface area (TPSA) is 49.4 Å². The van der Waals surface area contributed by atoms with Crippen LogP contribution in [0.5, 0.6) is 0 Å². The number of imide groups is 1. The van der Waals surface area contributed by atoms with Crippen LogP contribution in [0, 0.1) is 0 Å². The van der Waals surface area contributed by atoms with E-state index in [4.69, 9.17) is 0 Å². The van der Waals surface area contributed by atoms with E-state index in [9.17, 15) is 9.59 Å². The van der Waals surface area contributed by atoms with E-state index in [1.165, 1.54) is 4.90 Å². The molecule has 2 amide bonds. The molecule has 0 aliphatic carbocycles. The van der Waals surface area contributed by atoms with Gasteiger partial charge >= 0.3 is 0 Å². The van der Waals surface area contributed by atoms with Crippen LogP contribution >= 0.6 is 0 Å². The van der Waals surface area contributed by atoms with Crippen LogP contribution < -0.4 is 10.2 Å². The third kappa shape index (κ3) is 2.90. The number of rotatable bonds is 4. The summed E-state index contributed by atoms with van der Waals surface area (Å²) in [5.41, 5.74) is 0.620. The maximum Gasteiger partial charge on any atom is 0.247 e. The molecule has 1 N–H and O–H groups in total. The predicted molar refractivity (Wildman–Crippen MR) is 63.2 cm³/mol. The fourth-order valence-electron chi connectivity index (χ4n) is 1.39. The van der Waals surface area contributed by atoms with Crippen molar-refractivity contribution < 1.29 is 9.59 Å². The molecule has 16 heavy (non-hydrogen) atoms. The first kappa shape index (κ1) is 12.4. The van der Waals surface area contributed by atoms with Gasteiger partial charge in [-0.25, -0.2) is 4.90 Å². The molecule has 0 spiro atoms. The van der Waals surface area contributed by atoms with Gasteiger partial charge in [-0.2, -0.15) is 0 Å². The van der Waals surface area contributed by atoms with E-state index < -0.39 is 0 Å². The Labute approximate surface area is 95.3 Å². The molecule has 0 fully saturated rings. The number of hydrogen-bond donors (Lipinski definition) is 1. The van der Waals surface area contributed by atoms with Gasteiger partial charge < -0.3 is 5.32 Å². The van der Waals surface area contributed by atoms with Crippen LogP contribution in [0.3, 0.4) is 0 Å². The van der Waals surface area contributed by atoms with Crippen molar-refractivity contribution in [3.8, 4) is 0 Å². The molecule has 1 rings (SSSR count). The number of hydrogen-bond acceptors (Lipinski definition) is 3. The van der Waals surface area contributed by atoms with Crippen LogP contribution in [0.4, 0.5) is 5.69 Å². The molecule has 0 aromatic heterocycles. The third-order valence-corrected chi connectivity index (χ3v) is 2.14. The first-order valence-corrected chi connectivity index (χ1v) is 5.26. The molecule has 0 aliphatic rings. The van der Waals surface area contributed by atoms with Crippen LogP contribution in [0.1, 0.15) is 13.3 Å². The van der Waals surface area contributed by atoms with E-state index in [1.54, 1.807) is 38.2 Å². The third-order valence-electron chi connectivity index (χ3n) is 2.14. The van der Waals surface area contributed by atoms with Gasteiger partial charge in [0.25, 0.3) is 0 Å². The highest BCUT2D eigenvalue weighted by atomic mass is 16.2. The van der Waals surface area contributed by atoms with Crippen molar-refractivity contribution in [3.63, 3.8) is 0 Å². The van der Waals surface area contributed by atoms with E-state index in [0.29, 0.717) is 12.1 Å². The number of amides is 2. The van der Waals surface area contributed by atoms with Gasteiger partial charge in [-0.05, 0) is 19.2 Å². The van der Waals surface area contributed by atoms with Gasteiger partial charge in [-0.3, -0.25) is 9.59 Å². The van der Waals surface area contributed by atoms with Gasteiger partial charge in [0.15, 0.2) is 0 Å². The zero-order valence-corrected chi connectivity index (χ0v) is 9.56. The van der Waals surface area contributed by atoms with Gasteiger partial charge in [0.05, 0.1) is 12.2 Å². The molecule has 0 aliphatic heterocycles. The molecule has 0 radical (unpaired) electrons. The van der Waals surface area contributed by atoms with Crippen molar-refractivity contribution in [3.05, 3.63) is 30.3 Å². The number of carbonyl (C=O) groups is 2. The number of anilines is 1. The Balaban J connectivity index is 2.97. The van der Waals surface area contributed by atoms with E-state index in [0.717, 1.165) is 0 Å². The average Bonchev–Trinajstić information content (AvgIpc) is 2.31. The molecule has 0 bridgehead atoms. The SMILES string of the molecule is CCC(=O)N(C(=O)CNC)c1ccccc1. The van der Waals surface area contributed by atoms with Crippen molar-refractivity contribution in [1.29, 1.82) is 0 Å². The van der Waals surface area contributed by atoms with E-state index in [1.807, 2.05) is 6.07 Å². The molecule has 0 atom stereocenters. The summed E-state index contributed by atoms with van der Waals surface area (Å²) in [4.78, 5) is 24.7. The quantitative estimate of drug-likeness (QED) is 0.828. The monoisotopic (exact) mass is 220 g/mol. The molecule has 0 unspecified atom stereocenters. The van der Waals surface area contributed by atoms with Crippen molar-refractivity contribution in [2.75, 3.05) is 18.5 Å². The van der Waals surface area contributed by atoms with Crippen molar-refractivity contribution in [2.45, 2.75) is 13.3 Å². The lowest BCUT2D eigenvalue weighted by Crippen LogP contribution is -2.41. The largest absolute Gasteiger partial charge is 0.311 e. The van der Waals surface area contributed by atoms with Gasteiger partial charge in [0.2, 0.25) is 11.8 Å². The molecule has 4 heteroatoms. The van der Waals surface area contributed by atoms with Crippen LogP contribution in [-0.2, 0) is 9.59 Å². The van der Waals surface area contributed by atoms with Crippen LogP contribution in [-0.4, -0.2) is 25.4 Å². The standard InChI is InChI=1S/C12H16N2O2/c1-3-11(15)14(12(16)9-13-2)10-7-5-4-6-8-10/h4-8,13H,3,9H2,1-2H3. The maximum absolute atomic E-state index is 11.8. The van der Waals surface area contributed by atoms with Crippen LogP contribution in [0.25, 0.3) is 0 Å². The Morgan fingerprint density at radius 1 is 1.19 bits per heavy atom. The minimum atomic E-state index is -0.236. The molecule has 0 heterocycles. The second kappa shape index (κ2) is 6.02. The average molecular weight is 220 g/mol. The maximum atomic E-state index is 11.8. The second-order valence-corrected chi connectivity index (χ2v) is 3.34. The number of para-hydroxylation sites is 1. The number of nitrogens with one attached hydrogen (secondary N) is 1. The summed E-state index contributed by atoms with van der Waals surface area (Å²) < 4.78 is 0. The molecular formula is C12H16N2O2. The summed E-state index contributed by atoms with van der Waals surface area (Å²) >= 11 is 0. The van der Waals surface area contributed by atoms with E-state index >= 15 is 0 Å². The fraction of sp³-hybridized carbons (Fsp3) is 0.333. The highest BCUT2D eigenvalue weighted by Crippen LogP contribution is 2.14. The van der Waals surface area contributed by atoms with Crippen LogP contribution in [0.2, 0.25) is 0 Å². The minimum absolute atomic E-state index is 0.153.